The third-order valence-corrected chi connectivity index (χ3v) is 2.61. The smallest absolute Gasteiger partial charge is 0.325 e. The Morgan fingerprint density at radius 2 is 1.86 bits per heavy atom. The van der Waals surface area contributed by atoms with E-state index in [4.69, 9.17) is 10.2 Å². The zero-order valence-electron chi connectivity index (χ0n) is 7.23. The molecule has 0 radical (unpaired) electrons. The molecule has 0 bridgehead atoms. The van der Waals surface area contributed by atoms with E-state index in [2.05, 4.69) is 0 Å². The van der Waals surface area contributed by atoms with Crippen molar-refractivity contribution in [2.75, 3.05) is 6.61 Å². The van der Waals surface area contributed by atoms with E-state index in [1.807, 2.05) is 0 Å². The van der Waals surface area contributed by atoms with Crippen molar-refractivity contribution in [2.45, 2.75) is 16.3 Å². The van der Waals surface area contributed by atoms with Gasteiger partial charge in [-0.1, -0.05) is 18.2 Å². The van der Waals surface area contributed by atoms with Crippen molar-refractivity contribution in [2.24, 2.45) is 0 Å². The van der Waals surface area contributed by atoms with Crippen molar-refractivity contribution in [1.29, 1.82) is 0 Å². The van der Waals surface area contributed by atoms with E-state index in [0.717, 1.165) is 0 Å². The minimum absolute atomic E-state index is 0.235. The van der Waals surface area contributed by atoms with Crippen LogP contribution in [0.2, 0.25) is 0 Å². The van der Waals surface area contributed by atoms with Gasteiger partial charge in [0.25, 0.3) is 0 Å². The normalized spacial score (nSPS) is 14.0. The Balaban J connectivity index is 2.68. The predicted octanol–water partition coefficient (Wildman–Crippen LogP) is 1.72. The number of rotatable bonds is 4. The van der Waals surface area contributed by atoms with E-state index in [1.54, 1.807) is 18.2 Å². The predicted molar refractivity (Wildman–Crippen MR) is 50.3 cm³/mol. The fourth-order valence-electron chi connectivity index (χ4n) is 0.820. The van der Waals surface area contributed by atoms with Crippen LogP contribution < -0.4 is 0 Å². The topological polar surface area (TPSA) is 40.5 Å². The number of alkyl halides is 2. The molecular formula is C9H10F2O2S. The summed E-state index contributed by atoms with van der Waals surface area (Å²) < 4.78 is 26.1. The van der Waals surface area contributed by atoms with Gasteiger partial charge in [0.1, 0.15) is 0 Å². The molecular weight excluding hydrogens is 210 g/mol. The summed E-state index contributed by atoms with van der Waals surface area (Å²) >= 11 is 0.235. The lowest BCUT2D eigenvalue weighted by Crippen LogP contribution is -2.32. The molecule has 0 aliphatic heterocycles. The summed E-state index contributed by atoms with van der Waals surface area (Å²) in [5.74, 6) is 0. The molecule has 0 aliphatic carbocycles. The maximum Gasteiger partial charge on any atom is 0.325 e. The molecule has 1 rings (SSSR count). The van der Waals surface area contributed by atoms with Crippen LogP contribution in [0.1, 0.15) is 0 Å². The van der Waals surface area contributed by atoms with Gasteiger partial charge >= 0.3 is 5.25 Å². The first-order valence-electron chi connectivity index (χ1n) is 3.97. The van der Waals surface area contributed by atoms with Gasteiger partial charge in [0.2, 0.25) is 0 Å². The van der Waals surface area contributed by atoms with Gasteiger partial charge in [0.15, 0.2) is 6.10 Å². The van der Waals surface area contributed by atoms with E-state index < -0.39 is 18.0 Å². The lowest BCUT2D eigenvalue weighted by atomic mass is 10.4. The third kappa shape index (κ3) is 2.94. The van der Waals surface area contributed by atoms with Gasteiger partial charge in [-0.15, -0.1) is 0 Å². The summed E-state index contributed by atoms with van der Waals surface area (Å²) in [5.41, 5.74) is 0. The summed E-state index contributed by atoms with van der Waals surface area (Å²) in [7, 11) is 0. The molecule has 0 amide bonds. The van der Waals surface area contributed by atoms with Crippen molar-refractivity contribution >= 4 is 11.8 Å². The Bertz CT molecular complexity index is 279. The van der Waals surface area contributed by atoms with Gasteiger partial charge < -0.3 is 10.2 Å². The SMILES string of the molecule is OCC(O)C(F)(F)Sc1ccccc1. The Morgan fingerprint density at radius 3 is 2.36 bits per heavy atom. The van der Waals surface area contributed by atoms with Gasteiger partial charge in [-0.3, -0.25) is 0 Å². The minimum atomic E-state index is -3.36. The Labute approximate surface area is 84.6 Å². The van der Waals surface area contributed by atoms with Gasteiger partial charge in [0, 0.05) is 4.90 Å². The Hall–Kier alpha value is -0.650. The number of thioether (sulfide) groups is 1. The van der Waals surface area contributed by atoms with Crippen LogP contribution in [-0.2, 0) is 0 Å². The minimum Gasteiger partial charge on any atom is -0.393 e. The van der Waals surface area contributed by atoms with Crippen LogP contribution in [-0.4, -0.2) is 28.2 Å². The molecule has 1 atom stereocenters. The molecule has 2 nitrogen and oxygen atoms in total. The number of aliphatic hydroxyl groups is 2. The lowest BCUT2D eigenvalue weighted by Gasteiger charge is -2.19. The Kier molecular flexibility index (Phi) is 3.86. The maximum atomic E-state index is 13.1. The number of benzene rings is 1. The molecule has 0 saturated heterocycles. The average molecular weight is 220 g/mol. The van der Waals surface area contributed by atoms with Crippen LogP contribution in [0.4, 0.5) is 8.78 Å². The summed E-state index contributed by atoms with van der Waals surface area (Å²) in [6.45, 7) is -0.952. The highest BCUT2D eigenvalue weighted by atomic mass is 32.2. The number of hydrogen-bond donors (Lipinski definition) is 2. The first-order valence-corrected chi connectivity index (χ1v) is 4.78. The number of halogens is 2. The highest BCUT2D eigenvalue weighted by molar-refractivity contribution is 8.00. The highest BCUT2D eigenvalue weighted by Gasteiger charge is 2.39. The van der Waals surface area contributed by atoms with E-state index in [-0.39, 0.29) is 11.8 Å². The highest BCUT2D eigenvalue weighted by Crippen LogP contribution is 2.38. The standard InChI is InChI=1S/C9H10F2O2S/c10-9(11,8(13)6-12)14-7-4-2-1-3-5-7/h1-5,8,12-13H,6H2. The third-order valence-electron chi connectivity index (χ3n) is 1.56. The molecule has 0 fully saturated rings. The molecule has 1 aromatic carbocycles. The zero-order valence-corrected chi connectivity index (χ0v) is 8.05. The molecule has 1 aromatic rings. The zero-order chi connectivity index (χ0) is 10.6. The second-order valence-corrected chi connectivity index (χ2v) is 3.90. The number of hydrogen-bond acceptors (Lipinski definition) is 3. The average Bonchev–Trinajstić information content (AvgIpc) is 2.17. The van der Waals surface area contributed by atoms with E-state index in [1.165, 1.54) is 12.1 Å². The molecule has 0 aliphatic rings. The van der Waals surface area contributed by atoms with Crippen molar-refractivity contribution in [3.63, 3.8) is 0 Å². The molecule has 1 unspecified atom stereocenters. The summed E-state index contributed by atoms with van der Waals surface area (Å²) in [6, 6.07) is 8.00. The largest absolute Gasteiger partial charge is 0.393 e. The number of aliphatic hydroxyl groups excluding tert-OH is 2. The molecule has 78 valence electrons. The van der Waals surface area contributed by atoms with Gasteiger partial charge in [-0.25, -0.2) is 0 Å². The van der Waals surface area contributed by atoms with Gasteiger partial charge in [-0.2, -0.15) is 8.78 Å². The van der Waals surface area contributed by atoms with E-state index >= 15 is 0 Å². The lowest BCUT2D eigenvalue weighted by molar-refractivity contribution is -0.0589. The first kappa shape index (κ1) is 11.4. The molecule has 0 aromatic heterocycles. The summed E-state index contributed by atoms with van der Waals surface area (Å²) in [6.07, 6.45) is -2.03. The second kappa shape index (κ2) is 4.72. The Morgan fingerprint density at radius 1 is 1.29 bits per heavy atom. The monoisotopic (exact) mass is 220 g/mol. The fourth-order valence-corrected chi connectivity index (χ4v) is 1.64. The van der Waals surface area contributed by atoms with Gasteiger partial charge in [-0.05, 0) is 23.9 Å². The quantitative estimate of drug-likeness (QED) is 0.759. The van der Waals surface area contributed by atoms with Crippen LogP contribution in [0.3, 0.4) is 0 Å². The second-order valence-electron chi connectivity index (χ2n) is 2.68. The first-order chi connectivity index (χ1) is 6.56. The van der Waals surface area contributed by atoms with Crippen LogP contribution >= 0.6 is 11.8 Å². The molecule has 0 heterocycles. The molecule has 5 heteroatoms. The molecule has 0 spiro atoms. The fraction of sp³-hybridized carbons (Fsp3) is 0.333. The van der Waals surface area contributed by atoms with Crippen molar-refractivity contribution < 1.29 is 19.0 Å². The van der Waals surface area contributed by atoms with Crippen molar-refractivity contribution in [3.05, 3.63) is 30.3 Å². The maximum absolute atomic E-state index is 13.1. The van der Waals surface area contributed by atoms with Crippen LogP contribution in [0.15, 0.2) is 35.2 Å². The van der Waals surface area contributed by atoms with Crippen LogP contribution in [0, 0.1) is 0 Å². The van der Waals surface area contributed by atoms with E-state index in [9.17, 15) is 8.78 Å². The summed E-state index contributed by atoms with van der Waals surface area (Å²) in [5, 5.41) is 13.9. The molecule has 0 saturated carbocycles. The molecule has 2 N–H and O–H groups in total. The summed E-state index contributed by atoms with van der Waals surface area (Å²) in [4.78, 5) is 0.352. The van der Waals surface area contributed by atoms with Crippen molar-refractivity contribution in [3.8, 4) is 0 Å². The van der Waals surface area contributed by atoms with E-state index in [0.29, 0.717) is 4.90 Å². The van der Waals surface area contributed by atoms with Crippen molar-refractivity contribution in [1.82, 2.24) is 0 Å². The van der Waals surface area contributed by atoms with Crippen LogP contribution in [0.25, 0.3) is 0 Å². The molecule has 14 heavy (non-hydrogen) atoms. The van der Waals surface area contributed by atoms with Gasteiger partial charge in [0.05, 0.1) is 6.61 Å². The van der Waals surface area contributed by atoms with Crippen LogP contribution in [0.5, 0.6) is 0 Å².